The summed E-state index contributed by atoms with van der Waals surface area (Å²) in [6, 6.07) is 7.50. The molecule has 0 amide bonds. The molecule has 17 heavy (non-hydrogen) atoms. The molecule has 1 aromatic heterocycles. The fourth-order valence-corrected chi connectivity index (χ4v) is 1.45. The van der Waals surface area contributed by atoms with E-state index in [1.807, 2.05) is 36.7 Å². The first-order valence-electron chi connectivity index (χ1n) is 5.59. The first-order valence-corrected chi connectivity index (χ1v) is 5.59. The van der Waals surface area contributed by atoms with Crippen LogP contribution in [0, 0.1) is 0 Å². The zero-order valence-corrected chi connectivity index (χ0v) is 10.0. The summed E-state index contributed by atoms with van der Waals surface area (Å²) < 4.78 is 0. The average molecular weight is 228 g/mol. The number of aromatic nitrogens is 2. The highest BCUT2D eigenvalue weighted by Crippen LogP contribution is 2.17. The molecule has 0 unspecified atom stereocenters. The van der Waals surface area contributed by atoms with Crippen molar-refractivity contribution in [2.45, 2.75) is 19.8 Å². The largest absolute Gasteiger partial charge is 0.399 e. The van der Waals surface area contributed by atoms with Crippen LogP contribution >= 0.6 is 0 Å². The lowest BCUT2D eigenvalue weighted by atomic mass is 10.1. The van der Waals surface area contributed by atoms with E-state index in [1.165, 1.54) is 0 Å². The number of nitrogens with zero attached hydrogens (tertiary/aromatic N) is 2. The second-order valence-electron chi connectivity index (χ2n) is 4.25. The quantitative estimate of drug-likeness (QED) is 0.793. The van der Waals surface area contributed by atoms with Crippen LogP contribution in [0.5, 0.6) is 0 Å². The average Bonchev–Trinajstić information content (AvgIpc) is 2.29. The molecule has 2 aromatic rings. The van der Waals surface area contributed by atoms with Crippen LogP contribution in [-0.2, 0) is 0 Å². The van der Waals surface area contributed by atoms with Crippen molar-refractivity contribution in [3.05, 3.63) is 42.2 Å². The monoisotopic (exact) mass is 228 g/mol. The molecule has 1 aromatic carbocycles. The van der Waals surface area contributed by atoms with Crippen molar-refractivity contribution in [2.24, 2.45) is 0 Å². The Kier molecular flexibility index (Phi) is 3.23. The topological polar surface area (TPSA) is 63.8 Å². The molecule has 0 atom stereocenters. The van der Waals surface area contributed by atoms with Gasteiger partial charge in [-0.1, -0.05) is 19.9 Å². The first-order chi connectivity index (χ1) is 8.15. The molecule has 3 N–H and O–H groups in total. The van der Waals surface area contributed by atoms with Gasteiger partial charge in [0.15, 0.2) is 0 Å². The van der Waals surface area contributed by atoms with Crippen LogP contribution < -0.4 is 11.1 Å². The van der Waals surface area contributed by atoms with Gasteiger partial charge in [-0.25, -0.2) is 9.97 Å². The lowest BCUT2D eigenvalue weighted by Crippen LogP contribution is -1.99. The molecule has 0 fully saturated rings. The maximum absolute atomic E-state index is 5.70. The summed E-state index contributed by atoms with van der Waals surface area (Å²) in [6.45, 7) is 4.23. The molecule has 0 spiro atoms. The number of hydrogen-bond donors (Lipinski definition) is 2. The van der Waals surface area contributed by atoms with Crippen molar-refractivity contribution in [1.82, 2.24) is 9.97 Å². The minimum Gasteiger partial charge on any atom is -0.399 e. The molecule has 0 radical (unpaired) electrons. The standard InChI is InChI=1S/C13H16N4/c1-9(2)10-7-15-13(16-8-10)17-12-5-3-4-11(14)6-12/h3-9H,14H2,1-2H3,(H,15,16,17). The van der Waals surface area contributed by atoms with Gasteiger partial charge in [0, 0.05) is 23.8 Å². The molecule has 0 aliphatic rings. The highest BCUT2D eigenvalue weighted by atomic mass is 15.1. The number of hydrogen-bond acceptors (Lipinski definition) is 4. The van der Waals surface area contributed by atoms with Crippen molar-refractivity contribution in [3.63, 3.8) is 0 Å². The van der Waals surface area contributed by atoms with Crippen molar-refractivity contribution < 1.29 is 0 Å². The van der Waals surface area contributed by atoms with Crippen molar-refractivity contribution in [2.75, 3.05) is 11.1 Å². The smallest absolute Gasteiger partial charge is 0.227 e. The molecular formula is C13H16N4. The Morgan fingerprint density at radius 3 is 2.47 bits per heavy atom. The number of nitrogens with one attached hydrogen (secondary N) is 1. The van der Waals surface area contributed by atoms with E-state index in [1.54, 1.807) is 0 Å². The van der Waals surface area contributed by atoms with E-state index in [0.29, 0.717) is 17.6 Å². The molecule has 4 heteroatoms. The zero-order valence-electron chi connectivity index (χ0n) is 10.0. The van der Waals surface area contributed by atoms with Gasteiger partial charge in [-0.2, -0.15) is 0 Å². The minimum absolute atomic E-state index is 0.441. The molecule has 0 bridgehead atoms. The normalized spacial score (nSPS) is 10.5. The van der Waals surface area contributed by atoms with Crippen molar-refractivity contribution in [3.8, 4) is 0 Å². The van der Waals surface area contributed by atoms with Gasteiger partial charge in [0.2, 0.25) is 5.95 Å². The van der Waals surface area contributed by atoms with Crippen LogP contribution in [0.2, 0.25) is 0 Å². The third-order valence-electron chi connectivity index (χ3n) is 2.48. The van der Waals surface area contributed by atoms with E-state index in [9.17, 15) is 0 Å². The lowest BCUT2D eigenvalue weighted by molar-refractivity contribution is 0.847. The van der Waals surface area contributed by atoms with E-state index in [-0.39, 0.29) is 0 Å². The number of rotatable bonds is 3. The fourth-order valence-electron chi connectivity index (χ4n) is 1.45. The maximum Gasteiger partial charge on any atom is 0.227 e. The van der Waals surface area contributed by atoms with Crippen LogP contribution in [0.3, 0.4) is 0 Å². The van der Waals surface area contributed by atoms with Crippen LogP contribution in [-0.4, -0.2) is 9.97 Å². The molecule has 88 valence electrons. The van der Waals surface area contributed by atoms with Gasteiger partial charge in [0.05, 0.1) is 0 Å². The van der Waals surface area contributed by atoms with Crippen molar-refractivity contribution in [1.29, 1.82) is 0 Å². The Morgan fingerprint density at radius 2 is 1.88 bits per heavy atom. The third-order valence-corrected chi connectivity index (χ3v) is 2.48. The third kappa shape index (κ3) is 2.93. The minimum atomic E-state index is 0.441. The lowest BCUT2D eigenvalue weighted by Gasteiger charge is -2.07. The van der Waals surface area contributed by atoms with Gasteiger partial charge in [-0.3, -0.25) is 0 Å². The second kappa shape index (κ2) is 4.82. The number of anilines is 3. The Hall–Kier alpha value is -2.10. The van der Waals surface area contributed by atoms with Gasteiger partial charge in [0.25, 0.3) is 0 Å². The number of nitrogens with two attached hydrogens (primary N) is 1. The molecule has 2 rings (SSSR count). The molecule has 0 saturated carbocycles. The molecule has 0 saturated heterocycles. The zero-order chi connectivity index (χ0) is 12.3. The Labute approximate surface area is 101 Å². The summed E-state index contributed by atoms with van der Waals surface area (Å²) in [5.41, 5.74) is 8.43. The number of benzene rings is 1. The highest BCUT2D eigenvalue weighted by Gasteiger charge is 2.01. The van der Waals surface area contributed by atoms with Gasteiger partial charge in [0.1, 0.15) is 0 Å². The van der Waals surface area contributed by atoms with Gasteiger partial charge >= 0.3 is 0 Å². The SMILES string of the molecule is CC(C)c1cnc(Nc2cccc(N)c2)nc1. The summed E-state index contributed by atoms with van der Waals surface area (Å²) in [6.07, 6.45) is 3.68. The summed E-state index contributed by atoms with van der Waals surface area (Å²) >= 11 is 0. The van der Waals surface area contributed by atoms with Crippen LogP contribution in [0.4, 0.5) is 17.3 Å². The van der Waals surface area contributed by atoms with Crippen LogP contribution in [0.1, 0.15) is 25.3 Å². The van der Waals surface area contributed by atoms with Crippen LogP contribution in [0.15, 0.2) is 36.7 Å². The van der Waals surface area contributed by atoms with E-state index in [2.05, 4.69) is 29.1 Å². The maximum atomic E-state index is 5.70. The van der Waals surface area contributed by atoms with E-state index in [4.69, 9.17) is 5.73 Å². The Morgan fingerprint density at radius 1 is 1.18 bits per heavy atom. The summed E-state index contributed by atoms with van der Waals surface area (Å²) in [5.74, 6) is 1.02. The molecule has 0 aliphatic carbocycles. The van der Waals surface area contributed by atoms with E-state index in [0.717, 1.165) is 11.3 Å². The van der Waals surface area contributed by atoms with E-state index >= 15 is 0 Å². The first kappa shape index (κ1) is 11.4. The highest BCUT2D eigenvalue weighted by molar-refractivity contribution is 5.59. The van der Waals surface area contributed by atoms with Crippen molar-refractivity contribution >= 4 is 17.3 Å². The molecule has 1 heterocycles. The summed E-state index contributed by atoms with van der Waals surface area (Å²) in [5, 5.41) is 3.11. The van der Waals surface area contributed by atoms with E-state index < -0.39 is 0 Å². The predicted octanol–water partition coefficient (Wildman–Crippen LogP) is 2.93. The Balaban J connectivity index is 2.14. The van der Waals surface area contributed by atoms with Gasteiger partial charge in [-0.15, -0.1) is 0 Å². The number of nitrogen functional groups attached to an aromatic ring is 1. The van der Waals surface area contributed by atoms with Gasteiger partial charge in [-0.05, 0) is 29.7 Å². The van der Waals surface area contributed by atoms with Gasteiger partial charge < -0.3 is 11.1 Å². The van der Waals surface area contributed by atoms with Crippen LogP contribution in [0.25, 0.3) is 0 Å². The molecule has 0 aliphatic heterocycles. The fraction of sp³-hybridized carbons (Fsp3) is 0.231. The Bertz CT molecular complexity index is 491. The summed E-state index contributed by atoms with van der Waals surface area (Å²) in [4.78, 5) is 8.52. The second-order valence-corrected chi connectivity index (χ2v) is 4.25. The predicted molar refractivity (Wildman–Crippen MR) is 70.3 cm³/mol. The molecular weight excluding hydrogens is 212 g/mol. The molecule has 4 nitrogen and oxygen atoms in total. The summed E-state index contributed by atoms with van der Waals surface area (Å²) in [7, 11) is 0.